The summed E-state index contributed by atoms with van der Waals surface area (Å²) in [4.78, 5) is 0. The van der Waals surface area contributed by atoms with E-state index >= 15 is 0 Å². The summed E-state index contributed by atoms with van der Waals surface area (Å²) in [5.41, 5.74) is 9.75. The first-order valence-electron chi connectivity index (χ1n) is 5.69. The average molecular weight is 206 g/mol. The normalized spacial score (nSPS) is 12.8. The second-order valence-corrected chi connectivity index (χ2v) is 4.09. The SMILES string of the molecule is CCCNC(CN)c1ccc(C)c(C)c1. The standard InChI is InChI=1S/C13H22N2/c1-4-7-15-13(9-14)12-6-5-10(2)11(3)8-12/h5-6,8,13,15H,4,7,9,14H2,1-3H3. The van der Waals surface area contributed by atoms with Crippen LogP contribution in [0, 0.1) is 13.8 Å². The van der Waals surface area contributed by atoms with E-state index in [9.17, 15) is 0 Å². The molecule has 0 fully saturated rings. The summed E-state index contributed by atoms with van der Waals surface area (Å²) in [7, 11) is 0. The van der Waals surface area contributed by atoms with E-state index < -0.39 is 0 Å². The maximum absolute atomic E-state index is 5.77. The van der Waals surface area contributed by atoms with E-state index in [1.165, 1.54) is 16.7 Å². The van der Waals surface area contributed by atoms with Crippen molar-refractivity contribution < 1.29 is 0 Å². The zero-order valence-corrected chi connectivity index (χ0v) is 10.0. The average Bonchev–Trinajstić information content (AvgIpc) is 2.24. The summed E-state index contributed by atoms with van der Waals surface area (Å²) in [6.07, 6.45) is 1.14. The molecule has 2 nitrogen and oxygen atoms in total. The van der Waals surface area contributed by atoms with Crippen LogP contribution in [0.25, 0.3) is 0 Å². The maximum Gasteiger partial charge on any atom is 0.0444 e. The van der Waals surface area contributed by atoms with Crippen LogP contribution in [-0.2, 0) is 0 Å². The Balaban J connectivity index is 2.78. The molecule has 3 N–H and O–H groups in total. The van der Waals surface area contributed by atoms with Gasteiger partial charge < -0.3 is 11.1 Å². The van der Waals surface area contributed by atoms with Crippen molar-refractivity contribution in [2.45, 2.75) is 33.2 Å². The van der Waals surface area contributed by atoms with Crippen molar-refractivity contribution in [2.75, 3.05) is 13.1 Å². The zero-order chi connectivity index (χ0) is 11.3. The molecule has 0 spiro atoms. The lowest BCUT2D eigenvalue weighted by atomic mass is 10.0. The van der Waals surface area contributed by atoms with Crippen LogP contribution in [0.5, 0.6) is 0 Å². The monoisotopic (exact) mass is 206 g/mol. The first-order valence-corrected chi connectivity index (χ1v) is 5.69. The lowest BCUT2D eigenvalue weighted by molar-refractivity contribution is 0.540. The summed E-state index contributed by atoms with van der Waals surface area (Å²) in [6.45, 7) is 8.13. The predicted octanol–water partition coefficient (Wildman–Crippen LogP) is 2.30. The van der Waals surface area contributed by atoms with E-state index in [4.69, 9.17) is 5.73 Å². The molecule has 1 aromatic carbocycles. The van der Waals surface area contributed by atoms with E-state index in [1.54, 1.807) is 0 Å². The Bertz CT molecular complexity index is 307. The van der Waals surface area contributed by atoms with Crippen molar-refractivity contribution in [1.29, 1.82) is 0 Å². The zero-order valence-electron chi connectivity index (χ0n) is 10.0. The van der Waals surface area contributed by atoms with Gasteiger partial charge in [0.15, 0.2) is 0 Å². The first-order chi connectivity index (χ1) is 7.19. The van der Waals surface area contributed by atoms with Gasteiger partial charge in [0.05, 0.1) is 0 Å². The van der Waals surface area contributed by atoms with Gasteiger partial charge in [-0.2, -0.15) is 0 Å². The van der Waals surface area contributed by atoms with Gasteiger partial charge in [0.1, 0.15) is 0 Å². The highest BCUT2D eigenvalue weighted by Gasteiger charge is 2.08. The summed E-state index contributed by atoms with van der Waals surface area (Å²) in [5, 5.41) is 3.46. The van der Waals surface area contributed by atoms with Crippen molar-refractivity contribution >= 4 is 0 Å². The van der Waals surface area contributed by atoms with Gasteiger partial charge >= 0.3 is 0 Å². The number of hydrogen-bond donors (Lipinski definition) is 2. The van der Waals surface area contributed by atoms with Gasteiger partial charge in [-0.05, 0) is 43.5 Å². The van der Waals surface area contributed by atoms with Gasteiger partial charge in [-0.25, -0.2) is 0 Å². The van der Waals surface area contributed by atoms with E-state index in [2.05, 4.69) is 44.3 Å². The van der Waals surface area contributed by atoms with Gasteiger partial charge in [0.2, 0.25) is 0 Å². The van der Waals surface area contributed by atoms with Crippen molar-refractivity contribution in [3.8, 4) is 0 Å². The molecule has 0 radical (unpaired) electrons. The molecule has 0 heterocycles. The highest BCUT2D eigenvalue weighted by molar-refractivity contribution is 5.31. The smallest absolute Gasteiger partial charge is 0.0444 e. The molecule has 2 heteroatoms. The Hall–Kier alpha value is -0.860. The second-order valence-electron chi connectivity index (χ2n) is 4.09. The molecule has 1 rings (SSSR count). The number of rotatable bonds is 5. The first kappa shape index (κ1) is 12.2. The summed E-state index contributed by atoms with van der Waals surface area (Å²) < 4.78 is 0. The third-order valence-corrected chi connectivity index (χ3v) is 2.81. The molecule has 0 saturated carbocycles. The molecular weight excluding hydrogens is 184 g/mol. The van der Waals surface area contributed by atoms with Crippen molar-refractivity contribution in [3.05, 3.63) is 34.9 Å². The number of nitrogens with one attached hydrogen (secondary N) is 1. The van der Waals surface area contributed by atoms with E-state index in [0.29, 0.717) is 12.6 Å². The van der Waals surface area contributed by atoms with Crippen LogP contribution in [0.3, 0.4) is 0 Å². The minimum Gasteiger partial charge on any atom is -0.329 e. The third-order valence-electron chi connectivity index (χ3n) is 2.81. The number of nitrogens with two attached hydrogens (primary N) is 1. The van der Waals surface area contributed by atoms with Crippen LogP contribution in [0.2, 0.25) is 0 Å². The Labute approximate surface area is 92.9 Å². The Morgan fingerprint density at radius 1 is 1.27 bits per heavy atom. The number of aryl methyl sites for hydroxylation is 2. The number of hydrogen-bond acceptors (Lipinski definition) is 2. The molecule has 1 unspecified atom stereocenters. The van der Waals surface area contributed by atoms with Crippen molar-refractivity contribution in [3.63, 3.8) is 0 Å². The van der Waals surface area contributed by atoms with Crippen LogP contribution < -0.4 is 11.1 Å². The molecule has 84 valence electrons. The van der Waals surface area contributed by atoms with E-state index in [-0.39, 0.29) is 0 Å². The molecule has 1 atom stereocenters. The molecule has 0 aliphatic heterocycles. The van der Waals surface area contributed by atoms with Crippen molar-refractivity contribution in [2.24, 2.45) is 5.73 Å². The lowest BCUT2D eigenvalue weighted by Gasteiger charge is -2.17. The highest BCUT2D eigenvalue weighted by Crippen LogP contribution is 2.16. The lowest BCUT2D eigenvalue weighted by Crippen LogP contribution is -2.28. The minimum atomic E-state index is 0.296. The molecule has 0 saturated heterocycles. The van der Waals surface area contributed by atoms with Crippen LogP contribution in [0.1, 0.15) is 36.1 Å². The minimum absolute atomic E-state index is 0.296. The predicted molar refractivity (Wildman–Crippen MR) is 66.0 cm³/mol. The molecule has 0 aromatic heterocycles. The fraction of sp³-hybridized carbons (Fsp3) is 0.538. The quantitative estimate of drug-likeness (QED) is 0.776. The molecular formula is C13H22N2. The second kappa shape index (κ2) is 5.89. The third kappa shape index (κ3) is 3.33. The Morgan fingerprint density at radius 3 is 2.53 bits per heavy atom. The summed E-state index contributed by atoms with van der Waals surface area (Å²) in [6, 6.07) is 6.86. The van der Waals surface area contributed by atoms with E-state index in [0.717, 1.165) is 13.0 Å². The highest BCUT2D eigenvalue weighted by atomic mass is 14.9. The molecule has 0 bridgehead atoms. The van der Waals surface area contributed by atoms with Gasteiger partial charge in [0, 0.05) is 12.6 Å². The molecule has 1 aromatic rings. The summed E-state index contributed by atoms with van der Waals surface area (Å²) >= 11 is 0. The van der Waals surface area contributed by atoms with Crippen molar-refractivity contribution in [1.82, 2.24) is 5.32 Å². The van der Waals surface area contributed by atoms with Gasteiger partial charge in [-0.15, -0.1) is 0 Å². The fourth-order valence-electron chi connectivity index (χ4n) is 1.64. The maximum atomic E-state index is 5.77. The van der Waals surface area contributed by atoms with Crippen LogP contribution in [0.15, 0.2) is 18.2 Å². The fourth-order valence-corrected chi connectivity index (χ4v) is 1.64. The molecule has 0 aliphatic rings. The van der Waals surface area contributed by atoms with E-state index in [1.807, 2.05) is 0 Å². The van der Waals surface area contributed by atoms with Gasteiger partial charge in [-0.1, -0.05) is 25.1 Å². The topological polar surface area (TPSA) is 38.0 Å². The van der Waals surface area contributed by atoms with Gasteiger partial charge in [0.25, 0.3) is 0 Å². The van der Waals surface area contributed by atoms with Crippen LogP contribution >= 0.6 is 0 Å². The molecule has 15 heavy (non-hydrogen) atoms. The van der Waals surface area contributed by atoms with Crippen LogP contribution in [-0.4, -0.2) is 13.1 Å². The molecule has 0 amide bonds. The summed E-state index contributed by atoms with van der Waals surface area (Å²) in [5.74, 6) is 0. The Morgan fingerprint density at radius 2 is 2.00 bits per heavy atom. The number of benzene rings is 1. The largest absolute Gasteiger partial charge is 0.329 e. The Kier molecular flexibility index (Phi) is 4.79. The van der Waals surface area contributed by atoms with Crippen LogP contribution in [0.4, 0.5) is 0 Å². The van der Waals surface area contributed by atoms with Gasteiger partial charge in [-0.3, -0.25) is 0 Å². The molecule has 0 aliphatic carbocycles.